The average molecular weight is 224 g/mol. The molecular weight excluding hydrogens is 208 g/mol. The summed E-state index contributed by atoms with van der Waals surface area (Å²) in [5, 5.41) is 16.8. The number of carbonyl (C=O) groups excluding carboxylic acids is 1. The Morgan fingerprint density at radius 1 is 1.62 bits per heavy atom. The summed E-state index contributed by atoms with van der Waals surface area (Å²) in [5.74, 6) is 0.504. The van der Waals surface area contributed by atoms with E-state index in [4.69, 9.17) is 0 Å². The van der Waals surface area contributed by atoms with Crippen molar-refractivity contribution >= 4 is 5.91 Å². The van der Waals surface area contributed by atoms with Crippen LogP contribution in [0.5, 0.6) is 0 Å². The third-order valence-corrected chi connectivity index (χ3v) is 2.68. The van der Waals surface area contributed by atoms with E-state index in [0.717, 1.165) is 19.6 Å². The maximum Gasteiger partial charge on any atom is 0.241 e. The van der Waals surface area contributed by atoms with Gasteiger partial charge in [-0.25, -0.2) is 4.68 Å². The Bertz CT molecular complexity index is 319. The zero-order chi connectivity index (χ0) is 11.2. The monoisotopic (exact) mass is 224 g/mol. The minimum absolute atomic E-state index is 0.0436. The van der Waals surface area contributed by atoms with Crippen LogP contribution in [0.25, 0.3) is 0 Å². The largest absolute Gasteiger partial charge is 0.354 e. The first kappa shape index (κ1) is 11.0. The topological polar surface area (TPSA) is 84.7 Å². The van der Waals surface area contributed by atoms with E-state index < -0.39 is 0 Å². The fourth-order valence-electron chi connectivity index (χ4n) is 1.81. The zero-order valence-electron chi connectivity index (χ0n) is 9.09. The van der Waals surface area contributed by atoms with Gasteiger partial charge in [-0.3, -0.25) is 4.79 Å². The molecular formula is C9H16N6O. The Morgan fingerprint density at radius 2 is 2.56 bits per heavy atom. The average Bonchev–Trinajstić information content (AvgIpc) is 2.81. The molecule has 0 saturated carbocycles. The number of nitrogens with zero attached hydrogens (tertiary/aromatic N) is 4. The molecule has 1 aromatic heterocycles. The lowest BCUT2D eigenvalue weighted by Gasteiger charge is -2.22. The van der Waals surface area contributed by atoms with Gasteiger partial charge in [0.25, 0.3) is 0 Å². The van der Waals surface area contributed by atoms with Crippen LogP contribution in [0.15, 0.2) is 6.33 Å². The van der Waals surface area contributed by atoms with E-state index in [9.17, 15) is 4.79 Å². The quantitative estimate of drug-likeness (QED) is 0.670. The van der Waals surface area contributed by atoms with Crippen molar-refractivity contribution in [2.45, 2.75) is 19.4 Å². The lowest BCUT2D eigenvalue weighted by molar-refractivity contribution is -0.122. The number of rotatable bonds is 4. The molecule has 0 bridgehead atoms. The smallest absolute Gasteiger partial charge is 0.241 e. The summed E-state index contributed by atoms with van der Waals surface area (Å²) in [6, 6.07) is 0. The molecule has 0 aromatic carbocycles. The fourth-order valence-corrected chi connectivity index (χ4v) is 1.81. The summed E-state index contributed by atoms with van der Waals surface area (Å²) in [4.78, 5) is 11.5. The number of hydrogen-bond acceptors (Lipinski definition) is 5. The van der Waals surface area contributed by atoms with Gasteiger partial charge in [0.1, 0.15) is 12.9 Å². The first-order valence-electron chi connectivity index (χ1n) is 5.53. The Labute approximate surface area is 93.6 Å². The molecule has 1 amide bonds. The van der Waals surface area contributed by atoms with E-state index in [-0.39, 0.29) is 12.5 Å². The first-order chi connectivity index (χ1) is 7.84. The van der Waals surface area contributed by atoms with Crippen molar-refractivity contribution in [1.82, 2.24) is 30.8 Å². The number of amides is 1. The van der Waals surface area contributed by atoms with Crippen molar-refractivity contribution < 1.29 is 4.79 Å². The van der Waals surface area contributed by atoms with Crippen LogP contribution in [0.1, 0.15) is 12.8 Å². The van der Waals surface area contributed by atoms with E-state index in [2.05, 4.69) is 26.2 Å². The SMILES string of the molecule is O=C(Cn1cnnn1)NCC1CCCNC1. The summed E-state index contributed by atoms with van der Waals surface area (Å²) in [5.41, 5.74) is 0. The van der Waals surface area contributed by atoms with Gasteiger partial charge in [-0.15, -0.1) is 5.10 Å². The standard InChI is InChI=1S/C9H16N6O/c16-9(6-15-7-12-13-14-15)11-5-8-2-1-3-10-4-8/h7-8,10H,1-6H2,(H,11,16). The van der Waals surface area contributed by atoms with Crippen molar-refractivity contribution in [3.05, 3.63) is 6.33 Å². The van der Waals surface area contributed by atoms with Gasteiger partial charge in [0.2, 0.25) is 5.91 Å². The highest BCUT2D eigenvalue weighted by Gasteiger charge is 2.13. The Balaban J connectivity index is 1.67. The van der Waals surface area contributed by atoms with Crippen molar-refractivity contribution in [1.29, 1.82) is 0 Å². The molecule has 0 spiro atoms. The number of nitrogens with one attached hydrogen (secondary N) is 2. The number of carbonyl (C=O) groups is 1. The van der Waals surface area contributed by atoms with Crippen LogP contribution in [0, 0.1) is 5.92 Å². The van der Waals surface area contributed by atoms with Gasteiger partial charge in [0.15, 0.2) is 0 Å². The van der Waals surface area contributed by atoms with Crippen molar-refractivity contribution in [3.63, 3.8) is 0 Å². The van der Waals surface area contributed by atoms with Crippen LogP contribution >= 0.6 is 0 Å². The molecule has 1 fully saturated rings. The molecule has 0 radical (unpaired) electrons. The fraction of sp³-hybridized carbons (Fsp3) is 0.778. The van der Waals surface area contributed by atoms with Crippen LogP contribution in [-0.4, -0.2) is 45.7 Å². The highest BCUT2D eigenvalue weighted by atomic mass is 16.2. The second-order valence-electron chi connectivity index (χ2n) is 4.02. The normalized spacial score (nSPS) is 20.6. The van der Waals surface area contributed by atoms with E-state index in [1.165, 1.54) is 23.9 Å². The maximum absolute atomic E-state index is 11.5. The molecule has 1 aliphatic rings. The first-order valence-corrected chi connectivity index (χ1v) is 5.53. The van der Waals surface area contributed by atoms with Gasteiger partial charge in [-0.1, -0.05) is 0 Å². The molecule has 2 heterocycles. The molecule has 1 atom stereocenters. The van der Waals surface area contributed by atoms with Gasteiger partial charge >= 0.3 is 0 Å². The van der Waals surface area contributed by atoms with Gasteiger partial charge in [-0.2, -0.15) is 0 Å². The van der Waals surface area contributed by atoms with E-state index >= 15 is 0 Å². The lowest BCUT2D eigenvalue weighted by Crippen LogP contribution is -2.39. The Morgan fingerprint density at radius 3 is 3.25 bits per heavy atom. The molecule has 0 aliphatic carbocycles. The second kappa shape index (κ2) is 5.55. The van der Waals surface area contributed by atoms with Crippen LogP contribution in [0.2, 0.25) is 0 Å². The summed E-state index contributed by atoms with van der Waals surface area (Å²) in [6.45, 7) is 3.00. The molecule has 88 valence electrons. The predicted molar refractivity (Wildman–Crippen MR) is 56.4 cm³/mol. The van der Waals surface area contributed by atoms with Crippen molar-refractivity contribution in [2.24, 2.45) is 5.92 Å². The van der Waals surface area contributed by atoms with E-state index in [1.807, 2.05) is 0 Å². The highest BCUT2D eigenvalue weighted by Crippen LogP contribution is 2.07. The highest BCUT2D eigenvalue weighted by molar-refractivity contribution is 5.75. The van der Waals surface area contributed by atoms with Gasteiger partial charge in [0, 0.05) is 6.54 Å². The molecule has 1 saturated heterocycles. The minimum Gasteiger partial charge on any atom is -0.354 e. The molecule has 1 unspecified atom stereocenters. The molecule has 7 heteroatoms. The van der Waals surface area contributed by atoms with Crippen LogP contribution in [0.4, 0.5) is 0 Å². The minimum atomic E-state index is -0.0436. The Kier molecular flexibility index (Phi) is 3.81. The van der Waals surface area contributed by atoms with Gasteiger partial charge in [-0.05, 0) is 42.3 Å². The van der Waals surface area contributed by atoms with E-state index in [1.54, 1.807) is 0 Å². The molecule has 2 N–H and O–H groups in total. The molecule has 1 aromatic rings. The number of tetrazole rings is 1. The summed E-state index contributed by atoms with van der Waals surface area (Å²) in [6.07, 6.45) is 3.80. The lowest BCUT2D eigenvalue weighted by atomic mass is 10.00. The molecule has 1 aliphatic heterocycles. The Hall–Kier alpha value is -1.50. The van der Waals surface area contributed by atoms with Crippen LogP contribution in [0.3, 0.4) is 0 Å². The number of aromatic nitrogens is 4. The summed E-state index contributed by atoms with van der Waals surface area (Å²) in [7, 11) is 0. The van der Waals surface area contributed by atoms with E-state index in [0.29, 0.717) is 5.92 Å². The molecule has 7 nitrogen and oxygen atoms in total. The maximum atomic E-state index is 11.5. The predicted octanol–water partition coefficient (Wildman–Crippen LogP) is -1.21. The third kappa shape index (κ3) is 3.27. The summed E-state index contributed by atoms with van der Waals surface area (Å²) >= 11 is 0. The van der Waals surface area contributed by atoms with Gasteiger partial charge < -0.3 is 10.6 Å². The van der Waals surface area contributed by atoms with Gasteiger partial charge in [0.05, 0.1) is 0 Å². The third-order valence-electron chi connectivity index (χ3n) is 2.68. The zero-order valence-corrected chi connectivity index (χ0v) is 9.09. The van der Waals surface area contributed by atoms with Crippen molar-refractivity contribution in [2.75, 3.05) is 19.6 Å². The molecule has 16 heavy (non-hydrogen) atoms. The summed E-state index contributed by atoms with van der Waals surface area (Å²) < 4.78 is 1.41. The van der Waals surface area contributed by atoms with Crippen LogP contribution in [-0.2, 0) is 11.3 Å². The number of piperidine rings is 1. The number of hydrogen-bond donors (Lipinski definition) is 2. The van der Waals surface area contributed by atoms with Crippen LogP contribution < -0.4 is 10.6 Å². The molecule has 2 rings (SSSR count). The van der Waals surface area contributed by atoms with Crippen molar-refractivity contribution in [3.8, 4) is 0 Å². The second-order valence-corrected chi connectivity index (χ2v) is 4.02.